The molecule has 2 N–H and O–H groups in total. The average molecular weight is 174 g/mol. The topological polar surface area (TPSA) is 56.7 Å². The Labute approximate surface area is 76.0 Å². The van der Waals surface area contributed by atoms with Crippen LogP contribution in [0.15, 0.2) is 30.6 Å². The minimum Gasteiger partial charge on any atom is -0.384 e. The van der Waals surface area contributed by atoms with Gasteiger partial charge in [0, 0.05) is 31.1 Å². The molecule has 0 unspecified atom stereocenters. The van der Waals surface area contributed by atoms with Gasteiger partial charge in [0.15, 0.2) is 0 Å². The molecule has 0 saturated carbocycles. The molecule has 0 fully saturated rings. The molecule has 4 nitrogen and oxygen atoms in total. The number of nitrogen functional groups attached to an aromatic ring is 1. The molecule has 0 bridgehead atoms. The van der Waals surface area contributed by atoms with E-state index in [1.54, 1.807) is 17.1 Å². The molecule has 0 amide bonds. The standard InChI is InChI=1S/C9H10N4/c1-13-9(10)5-8(12-13)7-3-2-4-11-6-7/h2-6H,10H2,1H3. The van der Waals surface area contributed by atoms with E-state index in [1.165, 1.54) is 0 Å². The van der Waals surface area contributed by atoms with Gasteiger partial charge in [0.25, 0.3) is 0 Å². The lowest BCUT2D eigenvalue weighted by Crippen LogP contribution is -1.96. The van der Waals surface area contributed by atoms with E-state index in [-0.39, 0.29) is 0 Å². The third kappa shape index (κ3) is 1.38. The second-order valence-electron chi connectivity index (χ2n) is 2.82. The second-order valence-corrected chi connectivity index (χ2v) is 2.82. The van der Waals surface area contributed by atoms with E-state index < -0.39 is 0 Å². The summed E-state index contributed by atoms with van der Waals surface area (Å²) in [5.41, 5.74) is 7.49. The molecule has 0 radical (unpaired) electrons. The molecule has 0 saturated heterocycles. The molecule has 0 aliphatic carbocycles. The van der Waals surface area contributed by atoms with Gasteiger partial charge in [-0.25, -0.2) is 0 Å². The first-order chi connectivity index (χ1) is 6.27. The van der Waals surface area contributed by atoms with Crippen LogP contribution in [0.3, 0.4) is 0 Å². The van der Waals surface area contributed by atoms with E-state index in [1.807, 2.05) is 25.2 Å². The van der Waals surface area contributed by atoms with Crippen LogP contribution < -0.4 is 5.73 Å². The van der Waals surface area contributed by atoms with E-state index in [9.17, 15) is 0 Å². The molecule has 2 rings (SSSR count). The van der Waals surface area contributed by atoms with Gasteiger partial charge in [0.1, 0.15) is 5.82 Å². The van der Waals surface area contributed by atoms with Crippen LogP contribution in [-0.4, -0.2) is 14.8 Å². The Hall–Kier alpha value is -1.84. The van der Waals surface area contributed by atoms with E-state index in [4.69, 9.17) is 5.73 Å². The number of aryl methyl sites for hydroxylation is 1. The number of hydrogen-bond acceptors (Lipinski definition) is 3. The van der Waals surface area contributed by atoms with Crippen molar-refractivity contribution in [3.8, 4) is 11.3 Å². The van der Waals surface area contributed by atoms with Gasteiger partial charge in [-0.2, -0.15) is 5.10 Å². The van der Waals surface area contributed by atoms with Gasteiger partial charge >= 0.3 is 0 Å². The Balaban J connectivity index is 2.48. The quantitative estimate of drug-likeness (QED) is 0.703. The average Bonchev–Trinajstić information content (AvgIpc) is 2.49. The number of hydrogen-bond donors (Lipinski definition) is 1. The van der Waals surface area contributed by atoms with Gasteiger partial charge in [0.2, 0.25) is 0 Å². The Morgan fingerprint density at radius 3 is 2.85 bits per heavy atom. The lowest BCUT2D eigenvalue weighted by molar-refractivity contribution is 0.782. The molecule has 66 valence electrons. The lowest BCUT2D eigenvalue weighted by Gasteiger charge is -1.92. The first-order valence-electron chi connectivity index (χ1n) is 3.97. The third-order valence-corrected chi connectivity index (χ3v) is 1.87. The normalized spacial score (nSPS) is 10.2. The molecule has 2 aromatic rings. The molecule has 0 atom stereocenters. The summed E-state index contributed by atoms with van der Waals surface area (Å²) in [6, 6.07) is 5.66. The summed E-state index contributed by atoms with van der Waals surface area (Å²) in [6.07, 6.45) is 3.50. The summed E-state index contributed by atoms with van der Waals surface area (Å²) in [7, 11) is 1.81. The van der Waals surface area contributed by atoms with Crippen molar-refractivity contribution in [3.05, 3.63) is 30.6 Å². The van der Waals surface area contributed by atoms with Crippen LogP contribution in [-0.2, 0) is 7.05 Å². The lowest BCUT2D eigenvalue weighted by atomic mass is 10.2. The van der Waals surface area contributed by atoms with E-state index >= 15 is 0 Å². The summed E-state index contributed by atoms with van der Waals surface area (Å²) in [6.45, 7) is 0. The summed E-state index contributed by atoms with van der Waals surface area (Å²) >= 11 is 0. The highest BCUT2D eigenvalue weighted by atomic mass is 15.3. The fourth-order valence-corrected chi connectivity index (χ4v) is 1.14. The minimum atomic E-state index is 0.652. The molecule has 0 aliphatic heterocycles. The van der Waals surface area contributed by atoms with Gasteiger partial charge < -0.3 is 5.73 Å². The molecule has 4 heteroatoms. The van der Waals surface area contributed by atoms with Gasteiger partial charge in [-0.15, -0.1) is 0 Å². The molecule has 0 aliphatic rings. The van der Waals surface area contributed by atoms with Gasteiger partial charge in [-0.1, -0.05) is 0 Å². The molecule has 2 heterocycles. The zero-order valence-corrected chi connectivity index (χ0v) is 7.31. The Morgan fingerprint density at radius 1 is 1.46 bits per heavy atom. The minimum absolute atomic E-state index is 0.652. The monoisotopic (exact) mass is 174 g/mol. The maximum atomic E-state index is 5.66. The fourth-order valence-electron chi connectivity index (χ4n) is 1.14. The predicted octanol–water partition coefficient (Wildman–Crippen LogP) is 1.06. The van der Waals surface area contributed by atoms with E-state index in [0.717, 1.165) is 11.3 Å². The number of nitrogens with two attached hydrogens (primary N) is 1. The highest BCUT2D eigenvalue weighted by molar-refractivity contribution is 5.60. The number of anilines is 1. The zero-order chi connectivity index (χ0) is 9.26. The summed E-state index contributed by atoms with van der Waals surface area (Å²) in [5.74, 6) is 0.652. The van der Waals surface area contributed by atoms with Crippen molar-refractivity contribution >= 4 is 5.82 Å². The van der Waals surface area contributed by atoms with Gasteiger partial charge in [0.05, 0.1) is 5.69 Å². The second kappa shape index (κ2) is 2.90. The van der Waals surface area contributed by atoms with Crippen molar-refractivity contribution in [1.29, 1.82) is 0 Å². The zero-order valence-electron chi connectivity index (χ0n) is 7.31. The predicted molar refractivity (Wildman–Crippen MR) is 50.9 cm³/mol. The maximum Gasteiger partial charge on any atom is 0.121 e. The first kappa shape index (κ1) is 7.79. The maximum absolute atomic E-state index is 5.66. The highest BCUT2D eigenvalue weighted by Gasteiger charge is 2.03. The van der Waals surface area contributed by atoms with Gasteiger partial charge in [-0.3, -0.25) is 9.67 Å². The number of pyridine rings is 1. The first-order valence-corrected chi connectivity index (χ1v) is 3.97. The van der Waals surface area contributed by atoms with Crippen LogP contribution in [0.5, 0.6) is 0 Å². The van der Waals surface area contributed by atoms with Crippen LogP contribution in [0.4, 0.5) is 5.82 Å². The van der Waals surface area contributed by atoms with Crippen LogP contribution in [0, 0.1) is 0 Å². The third-order valence-electron chi connectivity index (χ3n) is 1.87. The van der Waals surface area contributed by atoms with E-state index in [0.29, 0.717) is 5.82 Å². The van der Waals surface area contributed by atoms with Crippen molar-refractivity contribution in [3.63, 3.8) is 0 Å². The number of aromatic nitrogens is 3. The highest BCUT2D eigenvalue weighted by Crippen LogP contribution is 2.17. The molecule has 0 aromatic carbocycles. The Morgan fingerprint density at radius 2 is 2.31 bits per heavy atom. The molecule has 13 heavy (non-hydrogen) atoms. The Bertz CT molecular complexity index is 385. The SMILES string of the molecule is Cn1nc(-c2cccnc2)cc1N. The molecule has 2 aromatic heterocycles. The smallest absolute Gasteiger partial charge is 0.121 e. The van der Waals surface area contributed by atoms with Crippen LogP contribution in [0.2, 0.25) is 0 Å². The number of rotatable bonds is 1. The fraction of sp³-hybridized carbons (Fsp3) is 0.111. The van der Waals surface area contributed by atoms with Gasteiger partial charge in [-0.05, 0) is 12.1 Å². The molecule has 0 spiro atoms. The largest absolute Gasteiger partial charge is 0.384 e. The Kier molecular flexibility index (Phi) is 1.73. The number of nitrogens with zero attached hydrogens (tertiary/aromatic N) is 3. The van der Waals surface area contributed by atoms with Crippen molar-refractivity contribution in [2.45, 2.75) is 0 Å². The molecular weight excluding hydrogens is 164 g/mol. The van der Waals surface area contributed by atoms with Crippen molar-refractivity contribution in [1.82, 2.24) is 14.8 Å². The summed E-state index contributed by atoms with van der Waals surface area (Å²) in [4.78, 5) is 4.01. The van der Waals surface area contributed by atoms with Crippen molar-refractivity contribution < 1.29 is 0 Å². The van der Waals surface area contributed by atoms with Crippen LogP contribution >= 0.6 is 0 Å². The molecular formula is C9H10N4. The van der Waals surface area contributed by atoms with Crippen LogP contribution in [0.25, 0.3) is 11.3 Å². The summed E-state index contributed by atoms with van der Waals surface area (Å²) < 4.78 is 1.64. The van der Waals surface area contributed by atoms with Crippen LogP contribution in [0.1, 0.15) is 0 Å². The van der Waals surface area contributed by atoms with Crippen molar-refractivity contribution in [2.75, 3.05) is 5.73 Å². The summed E-state index contributed by atoms with van der Waals surface area (Å²) in [5, 5.41) is 4.23. The van der Waals surface area contributed by atoms with E-state index in [2.05, 4.69) is 10.1 Å². The van der Waals surface area contributed by atoms with Crippen molar-refractivity contribution in [2.24, 2.45) is 7.05 Å².